The molecule has 3 heterocycles. The molecule has 3 nitrogen and oxygen atoms in total. The fraction of sp³-hybridized carbons (Fsp3) is 0.0476. The molecule has 0 spiro atoms. The Morgan fingerprint density at radius 1 is 0.609 bits per heavy atom. The van der Waals surface area contributed by atoms with Crippen LogP contribution in [0.5, 0.6) is 0 Å². The van der Waals surface area contributed by atoms with Crippen LogP contribution in [-0.2, 0) is 0 Å². The van der Waals surface area contributed by atoms with Gasteiger partial charge in [0.15, 0.2) is 7.28 Å². The van der Waals surface area contributed by atoms with Gasteiger partial charge in [-0.2, -0.15) is 0 Å². The van der Waals surface area contributed by atoms with Crippen molar-refractivity contribution in [3.05, 3.63) is 139 Å². The second kappa shape index (κ2) is 9.39. The summed E-state index contributed by atoms with van der Waals surface area (Å²) >= 11 is 0. The topological polar surface area (TPSA) is 30.1 Å². The highest BCUT2D eigenvalue weighted by Gasteiger charge is 2.29. The molecule has 0 saturated heterocycles. The van der Waals surface area contributed by atoms with E-state index in [1.165, 1.54) is 65.9 Å². The minimum Gasteiger partial charge on any atom is -0.456 e. The highest BCUT2D eigenvalue weighted by atomic mass is 16.3. The third-order valence-corrected chi connectivity index (χ3v) is 9.71. The summed E-state index contributed by atoms with van der Waals surface area (Å²) in [5.74, 6) is 0. The largest absolute Gasteiger partial charge is 0.456 e. The van der Waals surface area contributed by atoms with Crippen molar-refractivity contribution in [2.45, 2.75) is 13.8 Å². The van der Waals surface area contributed by atoms with Crippen LogP contribution < -0.4 is 16.2 Å². The van der Waals surface area contributed by atoms with Crippen molar-refractivity contribution in [2.24, 2.45) is 0 Å². The summed E-state index contributed by atoms with van der Waals surface area (Å²) in [5.41, 5.74) is 14.9. The highest BCUT2D eigenvalue weighted by Crippen LogP contribution is 2.45. The van der Waals surface area contributed by atoms with Crippen molar-refractivity contribution in [2.75, 3.05) is 5.32 Å². The molecule has 0 unspecified atom stereocenters. The van der Waals surface area contributed by atoms with Gasteiger partial charge in [0.1, 0.15) is 11.2 Å². The van der Waals surface area contributed by atoms with Crippen molar-refractivity contribution >= 4 is 84.1 Å². The summed E-state index contributed by atoms with van der Waals surface area (Å²) in [5, 5.41) is 11.1. The smallest absolute Gasteiger partial charge is 0.197 e. The zero-order valence-corrected chi connectivity index (χ0v) is 25.6. The van der Waals surface area contributed by atoms with Crippen molar-refractivity contribution in [3.63, 3.8) is 0 Å². The second-order valence-electron chi connectivity index (χ2n) is 12.6. The van der Waals surface area contributed by atoms with Crippen molar-refractivity contribution in [3.8, 4) is 16.8 Å². The molecule has 0 amide bonds. The van der Waals surface area contributed by atoms with Crippen LogP contribution in [0.2, 0.25) is 0 Å². The molecule has 7 aromatic carbocycles. The van der Waals surface area contributed by atoms with E-state index in [1.807, 2.05) is 6.07 Å². The van der Waals surface area contributed by atoms with Crippen molar-refractivity contribution in [1.29, 1.82) is 0 Å². The number of rotatable bonds is 3. The Hall–Kier alpha value is -5.74. The van der Waals surface area contributed by atoms with Gasteiger partial charge < -0.3 is 14.3 Å². The van der Waals surface area contributed by atoms with Gasteiger partial charge in [-0.25, -0.2) is 0 Å². The number of furan rings is 1. The Bertz CT molecular complexity index is 2710. The summed E-state index contributed by atoms with van der Waals surface area (Å²) in [4.78, 5) is 0. The molecule has 0 fully saturated rings. The molecule has 0 atom stereocenters. The number of para-hydroxylation sites is 2. The number of nitrogens with one attached hydrogen (secondary N) is 1. The lowest BCUT2D eigenvalue weighted by molar-refractivity contribution is 0.669. The first-order valence-electron chi connectivity index (χ1n) is 15.9. The molecule has 215 valence electrons. The lowest BCUT2D eigenvalue weighted by atomic mass is 9.58. The van der Waals surface area contributed by atoms with Crippen LogP contribution in [0.15, 0.2) is 132 Å². The average Bonchev–Trinajstić information content (AvgIpc) is 3.62. The van der Waals surface area contributed by atoms with Crippen LogP contribution in [0.25, 0.3) is 71.3 Å². The maximum atomic E-state index is 6.43. The van der Waals surface area contributed by atoms with Gasteiger partial charge in [-0.1, -0.05) is 102 Å². The van der Waals surface area contributed by atoms with E-state index in [0.717, 1.165) is 38.9 Å². The van der Waals surface area contributed by atoms with Gasteiger partial charge in [0.2, 0.25) is 0 Å². The van der Waals surface area contributed by atoms with E-state index in [4.69, 9.17) is 4.42 Å². The molecule has 0 bridgehead atoms. The monoisotopic (exact) mass is 587 g/mol. The third-order valence-electron chi connectivity index (χ3n) is 9.71. The third kappa shape index (κ3) is 3.55. The summed E-state index contributed by atoms with van der Waals surface area (Å²) in [7, 11) is 2.42. The van der Waals surface area contributed by atoms with E-state index in [0.29, 0.717) is 0 Å². The second-order valence-corrected chi connectivity index (χ2v) is 12.6. The van der Waals surface area contributed by atoms with Gasteiger partial charge in [-0.3, -0.25) is 0 Å². The predicted molar refractivity (Wildman–Crippen MR) is 195 cm³/mol. The maximum absolute atomic E-state index is 6.43. The molecule has 10 rings (SSSR count). The van der Waals surface area contributed by atoms with Crippen LogP contribution >= 0.6 is 0 Å². The predicted octanol–water partition coefficient (Wildman–Crippen LogP) is 9.83. The van der Waals surface area contributed by atoms with Gasteiger partial charge in [0, 0.05) is 50.1 Å². The molecule has 0 saturated carbocycles. The number of benzene rings is 7. The van der Waals surface area contributed by atoms with E-state index in [-0.39, 0.29) is 0 Å². The lowest BCUT2D eigenvalue weighted by Crippen LogP contribution is -2.37. The molecule has 4 heteroatoms. The van der Waals surface area contributed by atoms with Gasteiger partial charge >= 0.3 is 0 Å². The summed E-state index contributed by atoms with van der Waals surface area (Å²) in [6.07, 6.45) is 0. The first-order valence-corrected chi connectivity index (χ1v) is 15.9. The first kappa shape index (κ1) is 25.6. The molecular weight excluding hydrogens is 559 g/mol. The molecule has 1 aliphatic rings. The normalized spacial score (nSPS) is 12.3. The van der Waals surface area contributed by atoms with Crippen LogP contribution in [0.1, 0.15) is 11.1 Å². The number of nitrogens with zero attached hydrogens (tertiary/aromatic N) is 1. The highest BCUT2D eigenvalue weighted by molar-refractivity contribution is 6.74. The van der Waals surface area contributed by atoms with E-state index in [9.17, 15) is 0 Å². The van der Waals surface area contributed by atoms with E-state index >= 15 is 0 Å². The summed E-state index contributed by atoms with van der Waals surface area (Å²) < 4.78 is 8.92. The number of fused-ring (bicyclic) bond motifs is 10. The molecule has 1 radical (unpaired) electrons. The molecule has 1 N–H and O–H groups in total. The zero-order chi connectivity index (χ0) is 30.5. The first-order chi connectivity index (χ1) is 22.6. The lowest BCUT2D eigenvalue weighted by Gasteiger charge is -2.25. The number of anilines is 2. The zero-order valence-electron chi connectivity index (χ0n) is 25.6. The van der Waals surface area contributed by atoms with Gasteiger partial charge in [-0.05, 0) is 72.0 Å². The fourth-order valence-electron chi connectivity index (χ4n) is 7.65. The molecular formula is C42H28BN2O. The van der Waals surface area contributed by atoms with E-state index in [1.54, 1.807) is 0 Å². The Balaban J connectivity index is 1.39. The van der Waals surface area contributed by atoms with E-state index in [2.05, 4.69) is 152 Å². The minimum atomic E-state index is 0.873. The van der Waals surface area contributed by atoms with Crippen LogP contribution in [-0.4, -0.2) is 11.8 Å². The average molecular weight is 588 g/mol. The quantitative estimate of drug-likeness (QED) is 0.209. The summed E-state index contributed by atoms with van der Waals surface area (Å²) in [6, 6.07) is 46.1. The summed E-state index contributed by atoms with van der Waals surface area (Å²) in [6.45, 7) is 4.30. The standard InChI is InChI=1S/C42H28BN2O/c1-24-15-18-26(19-16-24)44-34-23-38-31(27-9-6-8-14-37(27)46-38)22-32(34)39-28-10-3-4-11-29(28)40-30-12-5-7-13-35(30)45-36-20-17-25(2)21-33(36)43-41(39)42(40)45/h3-23,44H,1-2H3. The fourth-order valence-corrected chi connectivity index (χ4v) is 7.65. The molecule has 0 aliphatic carbocycles. The van der Waals surface area contributed by atoms with Crippen LogP contribution in [0.4, 0.5) is 11.4 Å². The van der Waals surface area contributed by atoms with Crippen molar-refractivity contribution < 1.29 is 4.42 Å². The Kier molecular flexibility index (Phi) is 5.22. The van der Waals surface area contributed by atoms with Crippen molar-refractivity contribution in [1.82, 2.24) is 4.57 Å². The van der Waals surface area contributed by atoms with Crippen LogP contribution in [0.3, 0.4) is 0 Å². The SMILES string of the molecule is Cc1ccc(Nc2cc3oc4ccccc4c3cc2-c2c3c4c(c5ccccc25)c2ccccc2n4-c2ccc(C)cc2[B]3)cc1. The molecule has 46 heavy (non-hydrogen) atoms. The van der Waals surface area contributed by atoms with Gasteiger partial charge in [-0.15, -0.1) is 0 Å². The molecule has 2 aromatic heterocycles. The minimum absolute atomic E-state index is 0.873. The molecule has 1 aliphatic heterocycles. The number of hydrogen-bond donors (Lipinski definition) is 1. The number of hydrogen-bond acceptors (Lipinski definition) is 2. The number of aryl methyl sites for hydroxylation is 2. The van der Waals surface area contributed by atoms with Gasteiger partial charge in [0.05, 0.1) is 11.2 Å². The Labute approximate surface area is 266 Å². The Morgan fingerprint density at radius 2 is 1.33 bits per heavy atom. The molecule has 9 aromatic rings. The van der Waals surface area contributed by atoms with E-state index < -0.39 is 0 Å². The van der Waals surface area contributed by atoms with Crippen LogP contribution in [0, 0.1) is 13.8 Å². The van der Waals surface area contributed by atoms with Gasteiger partial charge in [0.25, 0.3) is 0 Å². The Morgan fingerprint density at radius 3 is 2.17 bits per heavy atom. The number of aromatic nitrogens is 1. The maximum Gasteiger partial charge on any atom is 0.197 e.